The summed E-state index contributed by atoms with van der Waals surface area (Å²) in [6.45, 7) is 3.01. The van der Waals surface area contributed by atoms with Gasteiger partial charge in [0, 0.05) is 18.0 Å². The molecule has 0 aliphatic heterocycles. The highest BCUT2D eigenvalue weighted by molar-refractivity contribution is 7.09. The number of carbonyl (C=O) groups excluding carboxylic acids is 1. The Hall–Kier alpha value is -1.83. The van der Waals surface area contributed by atoms with Crippen LogP contribution in [0.4, 0.5) is 5.69 Å². The molecule has 1 amide bonds. The molecule has 0 aliphatic carbocycles. The highest BCUT2D eigenvalue weighted by Gasteiger charge is 2.14. The number of benzene rings is 1. The standard InChI is InChI=1S/C16H21N3O3S.ClH/c1-3-4-7-22-14-6-5-11(21-2)8-12(14)19-16(20)13-10-23-15(9-17)18-13;/h5-6,8,10H,3-4,7,9,17H2,1-2H3,(H,19,20);1H. The molecular weight excluding hydrogens is 350 g/mol. The van der Waals surface area contributed by atoms with Crippen molar-refractivity contribution in [3.8, 4) is 11.5 Å². The molecule has 6 nitrogen and oxygen atoms in total. The van der Waals surface area contributed by atoms with E-state index in [9.17, 15) is 4.79 Å². The maximum absolute atomic E-state index is 12.3. The number of nitrogens with one attached hydrogen (secondary N) is 1. The number of hydrogen-bond donors (Lipinski definition) is 2. The molecule has 0 atom stereocenters. The second-order valence-electron chi connectivity index (χ2n) is 4.85. The monoisotopic (exact) mass is 371 g/mol. The summed E-state index contributed by atoms with van der Waals surface area (Å²) in [5.41, 5.74) is 6.43. The van der Waals surface area contributed by atoms with E-state index in [4.69, 9.17) is 15.2 Å². The molecule has 0 bridgehead atoms. The lowest BCUT2D eigenvalue weighted by atomic mass is 10.2. The van der Waals surface area contributed by atoms with Crippen molar-refractivity contribution in [2.45, 2.75) is 26.3 Å². The molecule has 0 radical (unpaired) electrons. The molecule has 0 aliphatic rings. The zero-order chi connectivity index (χ0) is 16.7. The fraction of sp³-hybridized carbons (Fsp3) is 0.375. The molecule has 8 heteroatoms. The molecule has 0 saturated heterocycles. The number of nitrogens with two attached hydrogens (primary N) is 1. The molecular formula is C16H22ClN3O3S. The number of aromatic nitrogens is 1. The summed E-state index contributed by atoms with van der Waals surface area (Å²) < 4.78 is 10.9. The number of carbonyl (C=O) groups is 1. The van der Waals surface area contributed by atoms with Gasteiger partial charge in [0.25, 0.3) is 5.91 Å². The van der Waals surface area contributed by atoms with Crippen LogP contribution in [0.1, 0.15) is 35.3 Å². The fourth-order valence-corrected chi connectivity index (χ4v) is 2.54. The number of anilines is 1. The molecule has 2 rings (SSSR count). The van der Waals surface area contributed by atoms with E-state index in [-0.39, 0.29) is 18.3 Å². The third kappa shape index (κ3) is 5.36. The summed E-state index contributed by atoms with van der Waals surface area (Å²) in [7, 11) is 1.58. The van der Waals surface area contributed by atoms with Gasteiger partial charge < -0.3 is 20.5 Å². The fourth-order valence-electron chi connectivity index (χ4n) is 1.88. The van der Waals surface area contributed by atoms with Crippen molar-refractivity contribution >= 4 is 35.3 Å². The topological polar surface area (TPSA) is 86.5 Å². The quantitative estimate of drug-likeness (QED) is 0.694. The summed E-state index contributed by atoms with van der Waals surface area (Å²) in [4.78, 5) is 16.5. The van der Waals surface area contributed by atoms with Gasteiger partial charge in [0.05, 0.1) is 19.4 Å². The van der Waals surface area contributed by atoms with Gasteiger partial charge in [-0.2, -0.15) is 0 Å². The van der Waals surface area contributed by atoms with Gasteiger partial charge in [0.1, 0.15) is 22.2 Å². The normalized spacial score (nSPS) is 9.96. The smallest absolute Gasteiger partial charge is 0.275 e. The highest BCUT2D eigenvalue weighted by atomic mass is 35.5. The minimum atomic E-state index is -0.297. The molecule has 0 unspecified atom stereocenters. The van der Waals surface area contributed by atoms with Crippen molar-refractivity contribution in [2.24, 2.45) is 5.73 Å². The van der Waals surface area contributed by atoms with Crippen molar-refractivity contribution in [1.29, 1.82) is 0 Å². The van der Waals surface area contributed by atoms with Gasteiger partial charge in [-0.05, 0) is 18.6 Å². The second-order valence-corrected chi connectivity index (χ2v) is 5.79. The minimum absolute atomic E-state index is 0. The van der Waals surface area contributed by atoms with Gasteiger partial charge in [-0.1, -0.05) is 13.3 Å². The maximum atomic E-state index is 12.3. The van der Waals surface area contributed by atoms with Crippen LogP contribution in [-0.2, 0) is 6.54 Å². The summed E-state index contributed by atoms with van der Waals surface area (Å²) in [5.74, 6) is 0.959. The number of rotatable bonds is 8. The van der Waals surface area contributed by atoms with Gasteiger partial charge in [0.15, 0.2) is 0 Å². The summed E-state index contributed by atoms with van der Waals surface area (Å²) >= 11 is 1.36. The van der Waals surface area contributed by atoms with Crippen molar-refractivity contribution in [2.75, 3.05) is 19.0 Å². The molecule has 3 N–H and O–H groups in total. The predicted octanol–water partition coefficient (Wildman–Crippen LogP) is 3.46. The van der Waals surface area contributed by atoms with Gasteiger partial charge in [0.2, 0.25) is 0 Å². The molecule has 0 spiro atoms. The Balaban J connectivity index is 0.00000288. The average molecular weight is 372 g/mol. The molecule has 0 fully saturated rings. The van der Waals surface area contributed by atoms with Crippen LogP contribution in [0, 0.1) is 0 Å². The number of ether oxygens (including phenoxy) is 2. The van der Waals surface area contributed by atoms with E-state index in [0.29, 0.717) is 36.0 Å². The van der Waals surface area contributed by atoms with E-state index in [2.05, 4.69) is 17.2 Å². The molecule has 1 aromatic heterocycles. The number of amides is 1. The van der Waals surface area contributed by atoms with Crippen LogP contribution in [0.15, 0.2) is 23.6 Å². The third-order valence-corrected chi connectivity index (χ3v) is 4.02. The number of hydrogen-bond acceptors (Lipinski definition) is 6. The van der Waals surface area contributed by atoms with Crippen LogP contribution in [0.2, 0.25) is 0 Å². The van der Waals surface area contributed by atoms with E-state index in [1.165, 1.54) is 11.3 Å². The van der Waals surface area contributed by atoms with E-state index in [1.807, 2.05) is 0 Å². The number of methoxy groups -OCH3 is 1. The Morgan fingerprint density at radius 1 is 1.42 bits per heavy atom. The summed E-state index contributed by atoms with van der Waals surface area (Å²) in [5, 5.41) is 5.24. The molecule has 1 heterocycles. The predicted molar refractivity (Wildman–Crippen MR) is 98.6 cm³/mol. The Bertz CT molecular complexity index is 664. The number of halogens is 1. The Labute approximate surface area is 151 Å². The Morgan fingerprint density at radius 3 is 2.83 bits per heavy atom. The summed E-state index contributed by atoms with van der Waals surface area (Å²) in [6.07, 6.45) is 1.99. The van der Waals surface area contributed by atoms with E-state index >= 15 is 0 Å². The van der Waals surface area contributed by atoms with Crippen molar-refractivity contribution in [3.05, 3.63) is 34.3 Å². The van der Waals surface area contributed by atoms with Gasteiger partial charge >= 0.3 is 0 Å². The second kappa shape index (κ2) is 10.1. The first-order valence-electron chi connectivity index (χ1n) is 7.44. The molecule has 132 valence electrons. The SMILES string of the molecule is CCCCOc1ccc(OC)cc1NC(=O)c1csc(CN)n1.Cl. The zero-order valence-electron chi connectivity index (χ0n) is 13.7. The Kier molecular flexibility index (Phi) is 8.53. The van der Waals surface area contributed by atoms with Crippen molar-refractivity contribution < 1.29 is 14.3 Å². The van der Waals surface area contributed by atoms with Crippen molar-refractivity contribution in [3.63, 3.8) is 0 Å². The first-order chi connectivity index (χ1) is 11.2. The van der Waals surface area contributed by atoms with E-state index in [0.717, 1.165) is 17.8 Å². The van der Waals surface area contributed by atoms with Crippen LogP contribution < -0.4 is 20.5 Å². The van der Waals surface area contributed by atoms with Crippen LogP contribution in [0.3, 0.4) is 0 Å². The highest BCUT2D eigenvalue weighted by Crippen LogP contribution is 2.30. The van der Waals surface area contributed by atoms with Gasteiger partial charge in [-0.15, -0.1) is 23.7 Å². The number of unbranched alkanes of at least 4 members (excludes halogenated alkanes) is 1. The molecule has 1 aromatic carbocycles. The summed E-state index contributed by atoms with van der Waals surface area (Å²) in [6, 6.07) is 5.32. The lowest BCUT2D eigenvalue weighted by Crippen LogP contribution is -2.14. The minimum Gasteiger partial charge on any atom is -0.497 e. The largest absolute Gasteiger partial charge is 0.497 e. The molecule has 0 saturated carbocycles. The third-order valence-electron chi connectivity index (χ3n) is 3.15. The first kappa shape index (κ1) is 20.2. The maximum Gasteiger partial charge on any atom is 0.275 e. The average Bonchev–Trinajstić information content (AvgIpc) is 3.05. The lowest BCUT2D eigenvalue weighted by molar-refractivity contribution is 0.102. The van der Waals surface area contributed by atoms with Crippen LogP contribution >= 0.6 is 23.7 Å². The van der Waals surface area contributed by atoms with Crippen LogP contribution in [0.5, 0.6) is 11.5 Å². The van der Waals surface area contributed by atoms with Gasteiger partial charge in [-0.25, -0.2) is 4.98 Å². The van der Waals surface area contributed by atoms with Crippen molar-refractivity contribution in [1.82, 2.24) is 4.98 Å². The Morgan fingerprint density at radius 2 is 2.21 bits per heavy atom. The van der Waals surface area contributed by atoms with Crippen LogP contribution in [-0.4, -0.2) is 24.6 Å². The van der Waals surface area contributed by atoms with E-state index in [1.54, 1.807) is 30.7 Å². The van der Waals surface area contributed by atoms with E-state index < -0.39 is 0 Å². The number of nitrogens with zero attached hydrogens (tertiary/aromatic N) is 1. The zero-order valence-corrected chi connectivity index (χ0v) is 15.3. The lowest BCUT2D eigenvalue weighted by Gasteiger charge is -2.13. The number of thiazole rings is 1. The molecule has 2 aromatic rings. The molecule has 24 heavy (non-hydrogen) atoms. The first-order valence-corrected chi connectivity index (χ1v) is 8.32. The van der Waals surface area contributed by atoms with Crippen LogP contribution in [0.25, 0.3) is 0 Å². The van der Waals surface area contributed by atoms with Gasteiger partial charge in [-0.3, -0.25) is 4.79 Å².